The van der Waals surface area contributed by atoms with Crippen LogP contribution in [-0.4, -0.2) is 55.1 Å². The predicted octanol–water partition coefficient (Wildman–Crippen LogP) is 1.80. The average Bonchev–Trinajstić information content (AvgIpc) is 3.15. The topological polar surface area (TPSA) is 110 Å². The fourth-order valence-corrected chi connectivity index (χ4v) is 3.14. The van der Waals surface area contributed by atoms with Crippen molar-refractivity contribution in [3.63, 3.8) is 0 Å². The number of carboxylic acid groups (broad SMARTS) is 1. The Kier molecular flexibility index (Phi) is 6.06. The summed E-state index contributed by atoms with van der Waals surface area (Å²) in [4.78, 5) is 33.3. The second-order valence-electron chi connectivity index (χ2n) is 6.81. The first-order chi connectivity index (χ1) is 13.8. The van der Waals surface area contributed by atoms with E-state index >= 15 is 0 Å². The predicted molar refractivity (Wildman–Crippen MR) is 105 cm³/mol. The zero-order valence-corrected chi connectivity index (χ0v) is 16.6. The zero-order valence-electron chi connectivity index (χ0n) is 16.6. The minimum Gasteiger partial charge on any atom is -0.482 e. The highest BCUT2D eigenvalue weighted by Gasteiger charge is 2.15. The number of benzene rings is 1. The average molecular weight is 397 g/mol. The van der Waals surface area contributed by atoms with Gasteiger partial charge in [0.1, 0.15) is 12.1 Å². The van der Waals surface area contributed by atoms with Crippen LogP contribution in [0.25, 0.3) is 5.78 Å². The van der Waals surface area contributed by atoms with Crippen LogP contribution in [0.3, 0.4) is 0 Å². The van der Waals surface area contributed by atoms with Gasteiger partial charge in [-0.3, -0.25) is 4.79 Å². The Labute approximate surface area is 168 Å². The lowest BCUT2D eigenvalue weighted by Gasteiger charge is -2.18. The van der Waals surface area contributed by atoms with E-state index in [1.807, 2.05) is 26.0 Å². The maximum absolute atomic E-state index is 12.6. The highest BCUT2D eigenvalue weighted by atomic mass is 16.5. The number of fused-ring (bicyclic) bond motifs is 1. The monoisotopic (exact) mass is 397 g/mol. The molecule has 0 saturated carbocycles. The summed E-state index contributed by atoms with van der Waals surface area (Å²) in [6, 6.07) is 7.03. The van der Waals surface area contributed by atoms with Gasteiger partial charge in [-0.05, 0) is 43.5 Å². The van der Waals surface area contributed by atoms with Crippen molar-refractivity contribution in [2.75, 3.05) is 13.7 Å². The van der Waals surface area contributed by atoms with E-state index in [1.165, 1.54) is 6.33 Å². The lowest BCUT2D eigenvalue weighted by atomic mass is 10.1. The zero-order chi connectivity index (χ0) is 21.0. The third-order valence-electron chi connectivity index (χ3n) is 4.71. The van der Waals surface area contributed by atoms with Gasteiger partial charge in [-0.1, -0.05) is 12.1 Å². The Balaban J connectivity index is 1.58. The Morgan fingerprint density at radius 2 is 1.93 bits per heavy atom. The number of rotatable bonds is 8. The molecule has 9 nitrogen and oxygen atoms in total. The minimum atomic E-state index is -1.02. The maximum Gasteiger partial charge on any atom is 0.341 e. The molecule has 1 N–H and O–H groups in total. The molecule has 1 aromatic carbocycles. The van der Waals surface area contributed by atoms with E-state index in [1.54, 1.807) is 28.6 Å². The fourth-order valence-electron chi connectivity index (χ4n) is 3.14. The van der Waals surface area contributed by atoms with Crippen molar-refractivity contribution in [3.8, 4) is 5.75 Å². The molecule has 2 heterocycles. The van der Waals surface area contributed by atoms with E-state index in [2.05, 4.69) is 15.1 Å². The van der Waals surface area contributed by atoms with E-state index in [9.17, 15) is 9.59 Å². The van der Waals surface area contributed by atoms with Gasteiger partial charge >= 0.3 is 5.97 Å². The summed E-state index contributed by atoms with van der Waals surface area (Å²) in [5.74, 6) is 0.0341. The number of hydrogen-bond donors (Lipinski definition) is 1. The van der Waals surface area contributed by atoms with Gasteiger partial charge in [-0.15, -0.1) is 0 Å². The molecule has 2 aromatic heterocycles. The first-order valence-electron chi connectivity index (χ1n) is 9.18. The molecule has 1 amide bonds. The Morgan fingerprint density at radius 3 is 2.62 bits per heavy atom. The molecule has 3 rings (SSSR count). The van der Waals surface area contributed by atoms with E-state index < -0.39 is 5.97 Å². The summed E-state index contributed by atoms with van der Waals surface area (Å²) >= 11 is 0. The molecular formula is C20H23N5O4. The van der Waals surface area contributed by atoms with Crippen molar-refractivity contribution in [2.45, 2.75) is 33.2 Å². The van der Waals surface area contributed by atoms with Crippen LogP contribution in [0.15, 0.2) is 30.6 Å². The number of carboxylic acids is 1. The molecule has 9 heteroatoms. The van der Waals surface area contributed by atoms with Crippen LogP contribution < -0.4 is 4.74 Å². The summed E-state index contributed by atoms with van der Waals surface area (Å²) in [5.41, 5.74) is 3.74. The molecule has 0 unspecified atom stereocenters. The Hall–Kier alpha value is -3.49. The molecule has 0 aliphatic rings. The number of carbonyl (C=O) groups excluding carboxylic acids is 1. The molecule has 0 spiro atoms. The number of aromatic nitrogens is 4. The summed E-state index contributed by atoms with van der Waals surface area (Å²) in [5, 5.41) is 12.8. The smallest absolute Gasteiger partial charge is 0.341 e. The van der Waals surface area contributed by atoms with E-state index in [-0.39, 0.29) is 12.5 Å². The second kappa shape index (κ2) is 8.68. The number of aryl methyl sites for hydroxylation is 2. The molecule has 0 radical (unpaired) electrons. The molecule has 0 aliphatic carbocycles. The first kappa shape index (κ1) is 20.2. The SMILES string of the molecule is Cc1nc2ncnn2c(C)c1CCC(=O)N(C)Cc1ccc(OCC(=O)O)cc1. The van der Waals surface area contributed by atoms with Gasteiger partial charge in [-0.25, -0.2) is 14.3 Å². The van der Waals surface area contributed by atoms with Crippen LogP contribution >= 0.6 is 0 Å². The normalized spacial score (nSPS) is 10.9. The van der Waals surface area contributed by atoms with Crippen molar-refractivity contribution < 1.29 is 19.4 Å². The molecular weight excluding hydrogens is 374 g/mol. The van der Waals surface area contributed by atoms with E-state index in [0.29, 0.717) is 30.9 Å². The van der Waals surface area contributed by atoms with Crippen molar-refractivity contribution in [1.82, 2.24) is 24.5 Å². The molecule has 29 heavy (non-hydrogen) atoms. The molecule has 0 atom stereocenters. The van der Waals surface area contributed by atoms with Crippen LogP contribution in [-0.2, 0) is 22.6 Å². The molecule has 0 bridgehead atoms. The molecule has 152 valence electrons. The highest BCUT2D eigenvalue weighted by molar-refractivity contribution is 5.76. The number of carbonyl (C=O) groups is 2. The van der Waals surface area contributed by atoms with Crippen molar-refractivity contribution >= 4 is 17.7 Å². The summed E-state index contributed by atoms with van der Waals surface area (Å²) in [6.45, 7) is 3.94. The number of ether oxygens (including phenoxy) is 1. The number of hydrogen-bond acceptors (Lipinski definition) is 6. The first-order valence-corrected chi connectivity index (χ1v) is 9.18. The second-order valence-corrected chi connectivity index (χ2v) is 6.81. The largest absolute Gasteiger partial charge is 0.482 e. The quantitative estimate of drug-likeness (QED) is 0.617. The van der Waals surface area contributed by atoms with E-state index in [0.717, 1.165) is 22.5 Å². The van der Waals surface area contributed by atoms with Crippen LogP contribution in [0.5, 0.6) is 5.75 Å². The molecule has 3 aromatic rings. The maximum atomic E-state index is 12.6. The number of nitrogens with zero attached hydrogens (tertiary/aromatic N) is 5. The minimum absolute atomic E-state index is 0.0219. The Bertz CT molecular complexity index is 1030. The Morgan fingerprint density at radius 1 is 1.21 bits per heavy atom. The van der Waals surface area contributed by atoms with Crippen LogP contribution in [0.1, 0.15) is 28.9 Å². The van der Waals surface area contributed by atoms with Crippen molar-refractivity contribution in [2.24, 2.45) is 0 Å². The summed E-state index contributed by atoms with van der Waals surface area (Å²) in [7, 11) is 1.76. The van der Waals surface area contributed by atoms with Gasteiger partial charge in [0.05, 0.1) is 0 Å². The lowest BCUT2D eigenvalue weighted by Crippen LogP contribution is -2.26. The highest BCUT2D eigenvalue weighted by Crippen LogP contribution is 2.17. The molecule has 0 saturated heterocycles. The lowest BCUT2D eigenvalue weighted by molar-refractivity contribution is -0.139. The van der Waals surface area contributed by atoms with E-state index in [4.69, 9.17) is 9.84 Å². The number of aliphatic carboxylic acids is 1. The number of amides is 1. The van der Waals surface area contributed by atoms with Crippen molar-refractivity contribution in [1.29, 1.82) is 0 Å². The van der Waals surface area contributed by atoms with Gasteiger partial charge in [-0.2, -0.15) is 10.1 Å². The van der Waals surface area contributed by atoms with Gasteiger partial charge in [0.2, 0.25) is 5.91 Å². The van der Waals surface area contributed by atoms with Gasteiger partial charge < -0.3 is 14.7 Å². The van der Waals surface area contributed by atoms with Crippen LogP contribution in [0, 0.1) is 13.8 Å². The van der Waals surface area contributed by atoms with Gasteiger partial charge in [0.25, 0.3) is 5.78 Å². The third-order valence-corrected chi connectivity index (χ3v) is 4.71. The fraction of sp³-hybridized carbons (Fsp3) is 0.350. The van der Waals surface area contributed by atoms with Crippen LogP contribution in [0.2, 0.25) is 0 Å². The van der Waals surface area contributed by atoms with Gasteiger partial charge in [0.15, 0.2) is 6.61 Å². The van der Waals surface area contributed by atoms with Crippen LogP contribution in [0.4, 0.5) is 0 Å². The third kappa shape index (κ3) is 4.87. The van der Waals surface area contributed by atoms with Crippen molar-refractivity contribution in [3.05, 3.63) is 53.1 Å². The van der Waals surface area contributed by atoms with Gasteiger partial charge in [0, 0.05) is 31.4 Å². The molecule has 0 fully saturated rings. The summed E-state index contributed by atoms with van der Waals surface area (Å²) in [6.07, 6.45) is 2.40. The molecule has 0 aliphatic heterocycles. The standard InChI is InChI=1S/C20H23N5O4/c1-13-17(14(2)25-20(23-13)21-12-22-25)8-9-18(26)24(3)10-15-4-6-16(7-5-15)29-11-19(27)28/h4-7,12H,8-11H2,1-3H3,(H,27,28). The summed E-state index contributed by atoms with van der Waals surface area (Å²) < 4.78 is 6.80.